The fraction of sp³-hybridized carbons (Fsp3) is 0.429. The Morgan fingerprint density at radius 3 is 2.90 bits per heavy atom. The molecule has 0 saturated heterocycles. The van der Waals surface area contributed by atoms with Crippen LogP contribution in [-0.2, 0) is 6.42 Å². The monoisotopic (exact) mass is 203 g/mol. The van der Waals surface area contributed by atoms with Gasteiger partial charge in [0.25, 0.3) is 0 Å². The third kappa shape index (κ3) is 1.85. The summed E-state index contributed by atoms with van der Waals surface area (Å²) in [5.41, 5.74) is 6.72. The van der Waals surface area contributed by atoms with Crippen molar-refractivity contribution in [3.63, 3.8) is 0 Å². The van der Waals surface area contributed by atoms with Crippen molar-refractivity contribution in [2.75, 3.05) is 0 Å². The van der Waals surface area contributed by atoms with Crippen molar-refractivity contribution in [3.8, 4) is 0 Å². The van der Waals surface area contributed by atoms with E-state index in [2.05, 4.69) is 15.9 Å². The number of rotatable bonds is 2. The molecule has 0 spiro atoms. The van der Waals surface area contributed by atoms with Gasteiger partial charge in [0.15, 0.2) is 4.67 Å². The van der Waals surface area contributed by atoms with Gasteiger partial charge in [-0.3, -0.25) is 0 Å². The fourth-order valence-electron chi connectivity index (χ4n) is 0.812. The maximum Gasteiger partial charge on any atom is 0.172 e. The van der Waals surface area contributed by atoms with Gasteiger partial charge in [-0.1, -0.05) is 0 Å². The number of hydrogen-bond donors (Lipinski definition) is 1. The molecule has 3 heteroatoms. The van der Waals surface area contributed by atoms with Crippen molar-refractivity contribution in [1.29, 1.82) is 0 Å². The van der Waals surface area contributed by atoms with Gasteiger partial charge in [0.2, 0.25) is 0 Å². The van der Waals surface area contributed by atoms with E-state index in [0.717, 1.165) is 16.7 Å². The maximum atomic E-state index is 5.59. The second-order valence-corrected chi connectivity index (χ2v) is 3.12. The lowest BCUT2D eigenvalue weighted by molar-refractivity contribution is 0.534. The van der Waals surface area contributed by atoms with Crippen LogP contribution in [0.3, 0.4) is 0 Å². The first-order valence-corrected chi connectivity index (χ1v) is 3.97. The average molecular weight is 204 g/mol. The summed E-state index contributed by atoms with van der Waals surface area (Å²) in [5.74, 6) is 0. The van der Waals surface area contributed by atoms with E-state index in [9.17, 15) is 0 Å². The lowest BCUT2D eigenvalue weighted by atomic mass is 10.1. The van der Waals surface area contributed by atoms with Crippen molar-refractivity contribution >= 4 is 15.9 Å². The molecule has 2 N–H and O–H groups in total. The van der Waals surface area contributed by atoms with E-state index in [1.165, 1.54) is 0 Å². The van der Waals surface area contributed by atoms with Crippen molar-refractivity contribution in [2.24, 2.45) is 5.73 Å². The van der Waals surface area contributed by atoms with Crippen LogP contribution in [0.2, 0.25) is 0 Å². The Bertz CT molecular complexity index is 207. The molecule has 0 aliphatic rings. The number of hydrogen-bond acceptors (Lipinski definition) is 2. The maximum absolute atomic E-state index is 5.59. The minimum absolute atomic E-state index is 0.189. The highest BCUT2D eigenvalue weighted by Crippen LogP contribution is 2.18. The number of halogens is 1. The molecule has 1 rings (SSSR count). The summed E-state index contributed by atoms with van der Waals surface area (Å²) in [4.78, 5) is 0. The Kier molecular flexibility index (Phi) is 2.51. The smallest absolute Gasteiger partial charge is 0.172 e. The van der Waals surface area contributed by atoms with Crippen molar-refractivity contribution in [1.82, 2.24) is 0 Å². The van der Waals surface area contributed by atoms with Crippen LogP contribution in [0.4, 0.5) is 0 Å². The average Bonchev–Trinajstić information content (AvgIpc) is 2.15. The summed E-state index contributed by atoms with van der Waals surface area (Å²) >= 11 is 3.27. The molecule has 10 heavy (non-hydrogen) atoms. The Morgan fingerprint density at radius 1 is 1.80 bits per heavy atom. The van der Waals surface area contributed by atoms with E-state index in [1.54, 1.807) is 6.26 Å². The largest absolute Gasteiger partial charge is 0.457 e. The molecule has 1 aromatic heterocycles. The highest BCUT2D eigenvalue weighted by molar-refractivity contribution is 9.10. The SMILES string of the molecule is CC(N)Cc1ccoc1Br. The normalized spacial score (nSPS) is 13.5. The zero-order chi connectivity index (χ0) is 7.56. The van der Waals surface area contributed by atoms with Crippen molar-refractivity contribution < 1.29 is 4.42 Å². The minimum atomic E-state index is 0.189. The van der Waals surface area contributed by atoms with Gasteiger partial charge in [-0.25, -0.2) is 0 Å². The first-order chi connectivity index (χ1) is 4.70. The molecule has 56 valence electrons. The predicted octanol–water partition coefficient (Wildman–Crippen LogP) is 1.93. The molecule has 0 fully saturated rings. The van der Waals surface area contributed by atoms with E-state index in [4.69, 9.17) is 10.2 Å². The van der Waals surface area contributed by atoms with Crippen LogP contribution in [0.1, 0.15) is 12.5 Å². The predicted molar refractivity (Wildman–Crippen MR) is 43.8 cm³/mol. The van der Waals surface area contributed by atoms with Gasteiger partial charge in [-0.15, -0.1) is 0 Å². The first kappa shape index (κ1) is 7.82. The quantitative estimate of drug-likeness (QED) is 0.799. The standard InChI is InChI=1S/C7H10BrNO/c1-5(9)4-6-2-3-10-7(6)8/h2-3,5H,4,9H2,1H3. The molecular weight excluding hydrogens is 194 g/mol. The Balaban J connectivity index is 2.65. The van der Waals surface area contributed by atoms with E-state index >= 15 is 0 Å². The third-order valence-corrected chi connectivity index (χ3v) is 1.93. The molecule has 0 aromatic carbocycles. The summed E-state index contributed by atoms with van der Waals surface area (Å²) in [7, 11) is 0. The van der Waals surface area contributed by atoms with Crippen LogP contribution < -0.4 is 5.73 Å². The van der Waals surface area contributed by atoms with Crippen molar-refractivity contribution in [2.45, 2.75) is 19.4 Å². The first-order valence-electron chi connectivity index (χ1n) is 3.17. The molecular formula is C7H10BrNO. The van der Waals surface area contributed by atoms with Crippen LogP contribution in [0.15, 0.2) is 21.4 Å². The zero-order valence-electron chi connectivity index (χ0n) is 5.80. The lowest BCUT2D eigenvalue weighted by Crippen LogP contribution is -2.17. The molecule has 2 nitrogen and oxygen atoms in total. The summed E-state index contributed by atoms with van der Waals surface area (Å²) in [6, 6.07) is 2.11. The van der Waals surface area contributed by atoms with Crippen LogP contribution in [0.25, 0.3) is 0 Å². The Morgan fingerprint density at radius 2 is 2.50 bits per heavy atom. The molecule has 0 amide bonds. The van der Waals surface area contributed by atoms with E-state index in [-0.39, 0.29) is 6.04 Å². The van der Waals surface area contributed by atoms with Gasteiger partial charge in [0.1, 0.15) is 0 Å². The molecule has 0 aliphatic heterocycles. The zero-order valence-corrected chi connectivity index (χ0v) is 7.39. The second kappa shape index (κ2) is 3.21. The van der Waals surface area contributed by atoms with Gasteiger partial charge < -0.3 is 10.2 Å². The van der Waals surface area contributed by atoms with E-state index in [0.29, 0.717) is 0 Å². The van der Waals surface area contributed by atoms with Crippen LogP contribution >= 0.6 is 15.9 Å². The fourth-order valence-corrected chi connectivity index (χ4v) is 1.21. The Hall–Kier alpha value is -0.280. The number of nitrogens with two attached hydrogens (primary N) is 1. The Labute approximate surface area is 68.5 Å². The molecule has 0 radical (unpaired) electrons. The molecule has 1 unspecified atom stereocenters. The van der Waals surface area contributed by atoms with Crippen LogP contribution in [-0.4, -0.2) is 6.04 Å². The second-order valence-electron chi connectivity index (χ2n) is 2.40. The van der Waals surface area contributed by atoms with E-state index < -0.39 is 0 Å². The van der Waals surface area contributed by atoms with Crippen LogP contribution in [0.5, 0.6) is 0 Å². The topological polar surface area (TPSA) is 39.2 Å². The molecule has 0 aliphatic carbocycles. The summed E-state index contributed by atoms with van der Waals surface area (Å²) in [6.45, 7) is 1.97. The van der Waals surface area contributed by atoms with Gasteiger partial charge in [0.05, 0.1) is 6.26 Å². The molecule has 0 bridgehead atoms. The van der Waals surface area contributed by atoms with E-state index in [1.807, 2.05) is 13.0 Å². The molecule has 1 heterocycles. The summed E-state index contributed by atoms with van der Waals surface area (Å²) in [5, 5.41) is 0. The summed E-state index contributed by atoms with van der Waals surface area (Å²) < 4.78 is 5.82. The van der Waals surface area contributed by atoms with Gasteiger partial charge in [-0.05, 0) is 35.3 Å². The van der Waals surface area contributed by atoms with Crippen LogP contribution in [0, 0.1) is 0 Å². The van der Waals surface area contributed by atoms with Gasteiger partial charge in [0, 0.05) is 11.6 Å². The highest BCUT2D eigenvalue weighted by atomic mass is 79.9. The van der Waals surface area contributed by atoms with Gasteiger partial charge in [-0.2, -0.15) is 0 Å². The number of furan rings is 1. The third-order valence-electron chi connectivity index (χ3n) is 1.24. The lowest BCUT2D eigenvalue weighted by Gasteiger charge is -2.00. The minimum Gasteiger partial charge on any atom is -0.457 e. The summed E-state index contributed by atoms with van der Waals surface area (Å²) in [6.07, 6.45) is 2.51. The highest BCUT2D eigenvalue weighted by Gasteiger charge is 2.03. The van der Waals surface area contributed by atoms with Gasteiger partial charge >= 0.3 is 0 Å². The molecule has 0 saturated carbocycles. The molecule has 1 aromatic rings. The molecule has 1 atom stereocenters. The van der Waals surface area contributed by atoms with Crippen molar-refractivity contribution in [3.05, 3.63) is 22.6 Å².